The van der Waals surface area contributed by atoms with Crippen molar-refractivity contribution < 1.29 is 18.4 Å². The number of hydrogen-bond acceptors (Lipinski definition) is 3. The number of furan rings is 1. The van der Waals surface area contributed by atoms with Gasteiger partial charge in [-0.05, 0) is 36.2 Å². The van der Waals surface area contributed by atoms with E-state index >= 15 is 0 Å². The van der Waals surface area contributed by atoms with Crippen molar-refractivity contribution in [1.82, 2.24) is 9.80 Å². The summed E-state index contributed by atoms with van der Waals surface area (Å²) in [5, 5.41) is 0. The highest BCUT2D eigenvalue weighted by atomic mass is 19.1. The zero-order chi connectivity index (χ0) is 18.0. The summed E-state index contributed by atoms with van der Waals surface area (Å²) in [5.74, 6) is -0.0639. The molecule has 1 aromatic carbocycles. The minimum atomic E-state index is -0.395. The van der Waals surface area contributed by atoms with Crippen LogP contribution in [0.4, 0.5) is 4.39 Å². The van der Waals surface area contributed by atoms with Crippen LogP contribution in [0.25, 0.3) is 0 Å². The number of benzene rings is 1. The van der Waals surface area contributed by atoms with Crippen molar-refractivity contribution in [3.63, 3.8) is 0 Å². The van der Waals surface area contributed by atoms with E-state index in [0.717, 1.165) is 5.56 Å². The number of carbonyl (C=O) groups is 2. The lowest BCUT2D eigenvalue weighted by molar-refractivity contribution is -0.146. The molecule has 0 bridgehead atoms. The Morgan fingerprint density at radius 1 is 1.32 bits per heavy atom. The smallest absolute Gasteiger partial charge is 0.228 e. The normalized spacial score (nSPS) is 20.6. The molecule has 0 spiro atoms. The third kappa shape index (κ3) is 3.57. The third-order valence-corrected chi connectivity index (χ3v) is 4.74. The molecule has 0 radical (unpaired) electrons. The first-order valence-electron chi connectivity index (χ1n) is 8.26. The molecule has 0 N–H and O–H groups in total. The second-order valence-electron chi connectivity index (χ2n) is 6.42. The number of amides is 2. The number of carbonyl (C=O) groups excluding carboxylic acids is 2. The van der Waals surface area contributed by atoms with Gasteiger partial charge in [0.2, 0.25) is 11.8 Å². The van der Waals surface area contributed by atoms with Gasteiger partial charge in [-0.2, -0.15) is 0 Å². The molecule has 0 saturated carbocycles. The zero-order valence-electron chi connectivity index (χ0n) is 14.3. The standard InChI is InChI=1S/C19H21FN2O3/c1-21(12-15-4-3-11-25-15)19(24)16-9-10-17(23)22(2)18(16)13-5-7-14(20)8-6-13/h3-8,11,16,18H,9-10,12H2,1-2H3/t16-,18-/m0/s1. The molecule has 1 aliphatic heterocycles. The van der Waals surface area contributed by atoms with Gasteiger partial charge in [0.1, 0.15) is 11.6 Å². The molecule has 2 atom stereocenters. The Bertz CT molecular complexity index is 743. The van der Waals surface area contributed by atoms with Gasteiger partial charge in [-0.3, -0.25) is 9.59 Å². The van der Waals surface area contributed by atoms with Crippen LogP contribution in [-0.2, 0) is 16.1 Å². The molecule has 3 rings (SSSR count). The molecule has 1 aromatic heterocycles. The molecule has 132 valence electrons. The van der Waals surface area contributed by atoms with Crippen molar-refractivity contribution in [1.29, 1.82) is 0 Å². The molecule has 2 heterocycles. The summed E-state index contributed by atoms with van der Waals surface area (Å²) in [7, 11) is 3.42. The Kier molecular flexibility index (Phi) is 4.88. The number of nitrogens with zero attached hydrogens (tertiary/aromatic N) is 2. The molecule has 2 aromatic rings. The minimum Gasteiger partial charge on any atom is -0.467 e. The van der Waals surface area contributed by atoms with E-state index in [9.17, 15) is 14.0 Å². The molecule has 0 unspecified atom stereocenters. The molecule has 1 saturated heterocycles. The van der Waals surface area contributed by atoms with E-state index in [2.05, 4.69) is 0 Å². The van der Waals surface area contributed by atoms with E-state index in [-0.39, 0.29) is 23.5 Å². The molecule has 25 heavy (non-hydrogen) atoms. The fourth-order valence-electron chi connectivity index (χ4n) is 3.41. The Hall–Kier alpha value is -2.63. The fraction of sp³-hybridized carbons (Fsp3) is 0.368. The van der Waals surface area contributed by atoms with Gasteiger partial charge >= 0.3 is 0 Å². The molecule has 2 amide bonds. The average Bonchev–Trinajstić information content (AvgIpc) is 3.10. The van der Waals surface area contributed by atoms with Gasteiger partial charge in [0.15, 0.2) is 0 Å². The summed E-state index contributed by atoms with van der Waals surface area (Å²) in [6.07, 6.45) is 2.38. The van der Waals surface area contributed by atoms with Crippen molar-refractivity contribution >= 4 is 11.8 Å². The summed E-state index contributed by atoms with van der Waals surface area (Å²) >= 11 is 0. The van der Waals surface area contributed by atoms with E-state index in [0.29, 0.717) is 25.1 Å². The second-order valence-corrected chi connectivity index (χ2v) is 6.42. The average molecular weight is 344 g/mol. The van der Waals surface area contributed by atoms with Gasteiger partial charge in [0.05, 0.1) is 24.8 Å². The first-order chi connectivity index (χ1) is 12.0. The summed E-state index contributed by atoms with van der Waals surface area (Å²) < 4.78 is 18.6. The number of rotatable bonds is 4. The van der Waals surface area contributed by atoms with Gasteiger partial charge in [-0.25, -0.2) is 4.39 Å². The van der Waals surface area contributed by atoms with Crippen LogP contribution in [0.2, 0.25) is 0 Å². The van der Waals surface area contributed by atoms with E-state index in [1.54, 1.807) is 48.4 Å². The van der Waals surface area contributed by atoms with Crippen molar-refractivity contribution in [3.05, 3.63) is 59.8 Å². The van der Waals surface area contributed by atoms with Crippen molar-refractivity contribution in [2.75, 3.05) is 14.1 Å². The highest BCUT2D eigenvalue weighted by Gasteiger charge is 2.40. The van der Waals surface area contributed by atoms with E-state index < -0.39 is 6.04 Å². The van der Waals surface area contributed by atoms with E-state index in [1.165, 1.54) is 12.1 Å². The van der Waals surface area contributed by atoms with Gasteiger partial charge in [0, 0.05) is 20.5 Å². The van der Waals surface area contributed by atoms with E-state index in [1.807, 2.05) is 6.07 Å². The zero-order valence-corrected chi connectivity index (χ0v) is 14.3. The Morgan fingerprint density at radius 2 is 2.04 bits per heavy atom. The van der Waals surface area contributed by atoms with Gasteiger partial charge in [-0.15, -0.1) is 0 Å². The molecule has 5 nitrogen and oxygen atoms in total. The van der Waals surface area contributed by atoms with Crippen LogP contribution in [0, 0.1) is 11.7 Å². The highest BCUT2D eigenvalue weighted by molar-refractivity contribution is 5.84. The minimum absolute atomic E-state index is 0.00735. The maximum absolute atomic E-state index is 13.3. The first-order valence-corrected chi connectivity index (χ1v) is 8.26. The van der Waals surface area contributed by atoms with Crippen LogP contribution >= 0.6 is 0 Å². The maximum atomic E-state index is 13.3. The molecule has 1 fully saturated rings. The Labute approximate surface area is 146 Å². The summed E-state index contributed by atoms with van der Waals surface area (Å²) in [4.78, 5) is 28.4. The summed E-state index contributed by atoms with van der Waals surface area (Å²) in [5.41, 5.74) is 0.765. The van der Waals surface area contributed by atoms with Crippen LogP contribution < -0.4 is 0 Å². The van der Waals surface area contributed by atoms with Crippen LogP contribution in [-0.4, -0.2) is 35.7 Å². The number of halogens is 1. The molecule has 6 heteroatoms. The van der Waals surface area contributed by atoms with Gasteiger partial charge < -0.3 is 14.2 Å². The highest BCUT2D eigenvalue weighted by Crippen LogP contribution is 2.37. The number of likely N-dealkylation sites (tertiary alicyclic amines) is 1. The van der Waals surface area contributed by atoms with Crippen molar-refractivity contribution in [2.24, 2.45) is 5.92 Å². The monoisotopic (exact) mass is 344 g/mol. The maximum Gasteiger partial charge on any atom is 0.228 e. The molecule has 1 aliphatic rings. The van der Waals surface area contributed by atoms with Gasteiger partial charge in [-0.1, -0.05) is 12.1 Å². The van der Waals surface area contributed by atoms with Crippen molar-refractivity contribution in [3.8, 4) is 0 Å². The van der Waals surface area contributed by atoms with Crippen LogP contribution in [0.5, 0.6) is 0 Å². The molecular formula is C19H21FN2O3. The predicted octanol–water partition coefficient (Wildman–Crippen LogP) is 2.99. The molecular weight excluding hydrogens is 323 g/mol. The predicted molar refractivity (Wildman–Crippen MR) is 89.8 cm³/mol. The number of piperidine rings is 1. The quantitative estimate of drug-likeness (QED) is 0.857. The summed E-state index contributed by atoms with van der Waals surface area (Å²) in [6, 6.07) is 9.20. The topological polar surface area (TPSA) is 53.8 Å². The Balaban J connectivity index is 1.84. The first kappa shape index (κ1) is 17.2. The SMILES string of the molecule is CN(Cc1ccco1)C(=O)[C@H]1CCC(=O)N(C)[C@H]1c1ccc(F)cc1. The summed E-state index contributed by atoms with van der Waals surface area (Å²) in [6.45, 7) is 0.371. The van der Waals surface area contributed by atoms with E-state index in [4.69, 9.17) is 4.42 Å². The number of hydrogen-bond donors (Lipinski definition) is 0. The van der Waals surface area contributed by atoms with Crippen LogP contribution in [0.1, 0.15) is 30.2 Å². The van der Waals surface area contributed by atoms with Crippen molar-refractivity contribution in [2.45, 2.75) is 25.4 Å². The van der Waals surface area contributed by atoms with Crippen LogP contribution in [0.3, 0.4) is 0 Å². The lowest BCUT2D eigenvalue weighted by atomic mass is 9.83. The fourth-order valence-corrected chi connectivity index (χ4v) is 3.41. The molecule has 0 aliphatic carbocycles. The lowest BCUT2D eigenvalue weighted by Crippen LogP contribution is -2.46. The lowest BCUT2D eigenvalue weighted by Gasteiger charge is -2.39. The Morgan fingerprint density at radius 3 is 2.68 bits per heavy atom. The third-order valence-electron chi connectivity index (χ3n) is 4.74. The van der Waals surface area contributed by atoms with Gasteiger partial charge in [0.25, 0.3) is 0 Å². The second kappa shape index (κ2) is 7.09. The largest absolute Gasteiger partial charge is 0.467 e. The van der Waals surface area contributed by atoms with Crippen LogP contribution in [0.15, 0.2) is 47.1 Å².